The van der Waals surface area contributed by atoms with E-state index in [1.54, 1.807) is 0 Å². The van der Waals surface area contributed by atoms with Crippen molar-refractivity contribution in [1.82, 2.24) is 9.80 Å². The molecule has 0 bridgehead atoms. The van der Waals surface area contributed by atoms with Crippen LogP contribution >= 0.6 is 0 Å². The van der Waals surface area contributed by atoms with Crippen LogP contribution in [-0.2, 0) is 20.9 Å². The number of amides is 3. The van der Waals surface area contributed by atoms with Gasteiger partial charge in [0.2, 0.25) is 17.7 Å². The average molecular weight is 355 g/mol. The normalized spacial score (nSPS) is 23.5. The molecule has 3 amide bonds. The molecular weight excluding hydrogens is 330 g/mol. The molecule has 1 saturated carbocycles. The Hall–Kier alpha value is -2.37. The maximum absolute atomic E-state index is 12.5. The summed E-state index contributed by atoms with van der Waals surface area (Å²) in [5, 5.41) is 2.95. The summed E-state index contributed by atoms with van der Waals surface area (Å²) in [6.07, 6.45) is 5.10. The summed E-state index contributed by atoms with van der Waals surface area (Å²) in [6.45, 7) is 1.92. The monoisotopic (exact) mass is 355 g/mol. The lowest BCUT2D eigenvalue weighted by atomic mass is 10.1. The number of piperidine rings is 1. The molecule has 1 atom stereocenters. The third-order valence-corrected chi connectivity index (χ3v) is 5.51. The van der Waals surface area contributed by atoms with Crippen LogP contribution in [0, 0.1) is 5.92 Å². The van der Waals surface area contributed by atoms with Gasteiger partial charge in [-0.2, -0.15) is 0 Å². The standard InChI is InChI=1S/C20H25N3O3/c24-18-6-1-2-9-22(18)12-14-4-3-5-16(10-14)21-20(26)15-11-19(25)23(13-15)17-7-8-17/h3-5,10,15,17H,1-2,6-9,11-13H2,(H,21,26). The molecule has 3 fully saturated rings. The fourth-order valence-corrected chi connectivity index (χ4v) is 3.89. The van der Waals surface area contributed by atoms with Crippen LogP contribution in [0.3, 0.4) is 0 Å². The Morgan fingerprint density at radius 2 is 2.00 bits per heavy atom. The molecule has 1 N–H and O–H groups in total. The van der Waals surface area contributed by atoms with Crippen molar-refractivity contribution in [2.75, 3.05) is 18.4 Å². The van der Waals surface area contributed by atoms with Gasteiger partial charge >= 0.3 is 0 Å². The predicted molar refractivity (Wildman–Crippen MR) is 97.2 cm³/mol. The van der Waals surface area contributed by atoms with Crippen molar-refractivity contribution >= 4 is 23.4 Å². The van der Waals surface area contributed by atoms with Crippen molar-refractivity contribution in [3.05, 3.63) is 29.8 Å². The van der Waals surface area contributed by atoms with Crippen LogP contribution in [0.5, 0.6) is 0 Å². The Kier molecular flexibility index (Phi) is 4.66. The molecule has 26 heavy (non-hydrogen) atoms. The van der Waals surface area contributed by atoms with E-state index < -0.39 is 0 Å². The van der Waals surface area contributed by atoms with Gasteiger partial charge < -0.3 is 15.1 Å². The number of hydrogen-bond donors (Lipinski definition) is 1. The second kappa shape index (κ2) is 7.09. The predicted octanol–water partition coefficient (Wildman–Crippen LogP) is 2.15. The van der Waals surface area contributed by atoms with E-state index in [9.17, 15) is 14.4 Å². The molecule has 138 valence electrons. The van der Waals surface area contributed by atoms with Gasteiger partial charge in [0.25, 0.3) is 0 Å². The minimum atomic E-state index is -0.268. The molecule has 2 heterocycles. The van der Waals surface area contributed by atoms with Gasteiger partial charge in [0, 0.05) is 44.2 Å². The van der Waals surface area contributed by atoms with E-state index in [0.717, 1.165) is 43.5 Å². The number of carbonyl (C=O) groups excluding carboxylic acids is 3. The van der Waals surface area contributed by atoms with Gasteiger partial charge in [0.15, 0.2) is 0 Å². The Balaban J connectivity index is 1.36. The molecule has 1 aliphatic carbocycles. The number of anilines is 1. The van der Waals surface area contributed by atoms with E-state index in [0.29, 0.717) is 32.0 Å². The lowest BCUT2D eigenvalue weighted by molar-refractivity contribution is -0.134. The molecule has 6 nitrogen and oxygen atoms in total. The summed E-state index contributed by atoms with van der Waals surface area (Å²) in [7, 11) is 0. The third kappa shape index (κ3) is 3.74. The fraction of sp³-hybridized carbons (Fsp3) is 0.550. The first-order valence-electron chi connectivity index (χ1n) is 9.57. The van der Waals surface area contributed by atoms with E-state index in [2.05, 4.69) is 5.32 Å². The second-order valence-electron chi connectivity index (χ2n) is 7.64. The zero-order valence-corrected chi connectivity index (χ0v) is 14.9. The van der Waals surface area contributed by atoms with Crippen LogP contribution < -0.4 is 5.32 Å². The van der Waals surface area contributed by atoms with Crippen LogP contribution in [0.4, 0.5) is 5.69 Å². The summed E-state index contributed by atoms with van der Waals surface area (Å²) >= 11 is 0. The van der Waals surface area contributed by atoms with Gasteiger partial charge in [0.05, 0.1) is 5.92 Å². The Morgan fingerprint density at radius 3 is 2.77 bits per heavy atom. The molecule has 0 radical (unpaired) electrons. The van der Waals surface area contributed by atoms with E-state index >= 15 is 0 Å². The second-order valence-corrected chi connectivity index (χ2v) is 7.64. The topological polar surface area (TPSA) is 69.7 Å². The zero-order valence-electron chi connectivity index (χ0n) is 14.9. The van der Waals surface area contributed by atoms with Gasteiger partial charge in [-0.25, -0.2) is 0 Å². The van der Waals surface area contributed by atoms with Gasteiger partial charge in [-0.3, -0.25) is 14.4 Å². The van der Waals surface area contributed by atoms with Gasteiger partial charge in [-0.15, -0.1) is 0 Å². The highest BCUT2D eigenvalue weighted by molar-refractivity contribution is 5.97. The number of nitrogens with zero attached hydrogens (tertiary/aromatic N) is 2. The van der Waals surface area contributed by atoms with Crippen LogP contribution in [0.25, 0.3) is 0 Å². The summed E-state index contributed by atoms with van der Waals surface area (Å²) in [5.74, 6) is -0.0523. The van der Waals surface area contributed by atoms with Crippen LogP contribution in [0.1, 0.15) is 44.1 Å². The minimum Gasteiger partial charge on any atom is -0.339 e. The van der Waals surface area contributed by atoms with E-state index in [1.807, 2.05) is 34.1 Å². The van der Waals surface area contributed by atoms with Gasteiger partial charge in [-0.05, 0) is 43.4 Å². The number of likely N-dealkylation sites (tertiary alicyclic amines) is 2. The van der Waals surface area contributed by atoms with Crippen LogP contribution in [-0.4, -0.2) is 46.7 Å². The van der Waals surface area contributed by atoms with Gasteiger partial charge in [-0.1, -0.05) is 12.1 Å². The zero-order chi connectivity index (χ0) is 18.1. The largest absolute Gasteiger partial charge is 0.339 e. The summed E-state index contributed by atoms with van der Waals surface area (Å²) in [6, 6.07) is 8.02. The molecule has 2 saturated heterocycles. The first-order chi connectivity index (χ1) is 12.6. The molecule has 6 heteroatoms. The van der Waals surface area contributed by atoms with Crippen LogP contribution in [0.15, 0.2) is 24.3 Å². The number of rotatable bonds is 5. The van der Waals surface area contributed by atoms with E-state index in [1.165, 1.54) is 0 Å². The van der Waals surface area contributed by atoms with E-state index in [4.69, 9.17) is 0 Å². The maximum atomic E-state index is 12.5. The molecule has 1 aromatic rings. The highest BCUT2D eigenvalue weighted by Crippen LogP contribution is 2.33. The number of benzene rings is 1. The number of carbonyl (C=O) groups is 3. The van der Waals surface area contributed by atoms with Crippen molar-refractivity contribution in [3.63, 3.8) is 0 Å². The minimum absolute atomic E-state index is 0.0901. The fourth-order valence-electron chi connectivity index (χ4n) is 3.89. The average Bonchev–Trinajstić information content (AvgIpc) is 3.39. The lowest BCUT2D eigenvalue weighted by Crippen LogP contribution is -2.34. The van der Waals surface area contributed by atoms with Crippen molar-refractivity contribution in [1.29, 1.82) is 0 Å². The molecular formula is C20H25N3O3. The highest BCUT2D eigenvalue weighted by atomic mass is 16.2. The SMILES string of the molecule is O=C(Nc1cccc(CN2CCCCC2=O)c1)C1CC(=O)N(C2CC2)C1. The van der Waals surface area contributed by atoms with Crippen LogP contribution in [0.2, 0.25) is 0 Å². The molecule has 0 spiro atoms. The third-order valence-electron chi connectivity index (χ3n) is 5.51. The quantitative estimate of drug-likeness (QED) is 0.880. The van der Waals surface area contributed by atoms with Crippen molar-refractivity contribution < 1.29 is 14.4 Å². The number of hydrogen-bond acceptors (Lipinski definition) is 3. The van der Waals surface area contributed by atoms with Gasteiger partial charge in [0.1, 0.15) is 0 Å². The molecule has 2 aliphatic heterocycles. The highest BCUT2D eigenvalue weighted by Gasteiger charge is 2.41. The molecule has 1 unspecified atom stereocenters. The van der Waals surface area contributed by atoms with Crippen molar-refractivity contribution in [2.45, 2.75) is 51.1 Å². The lowest BCUT2D eigenvalue weighted by Gasteiger charge is -2.27. The Morgan fingerprint density at radius 1 is 1.15 bits per heavy atom. The summed E-state index contributed by atoms with van der Waals surface area (Å²) in [4.78, 5) is 40.3. The molecule has 1 aromatic carbocycles. The molecule has 0 aromatic heterocycles. The summed E-state index contributed by atoms with van der Waals surface area (Å²) < 4.78 is 0. The smallest absolute Gasteiger partial charge is 0.229 e. The number of nitrogens with one attached hydrogen (secondary N) is 1. The molecule has 4 rings (SSSR count). The Labute approximate surface area is 153 Å². The Bertz CT molecular complexity index is 729. The summed E-state index contributed by atoms with van der Waals surface area (Å²) in [5.41, 5.74) is 1.74. The first-order valence-corrected chi connectivity index (χ1v) is 9.57. The molecule has 3 aliphatic rings. The first kappa shape index (κ1) is 17.1. The van der Waals surface area contributed by atoms with E-state index in [-0.39, 0.29) is 23.6 Å². The van der Waals surface area contributed by atoms with Crippen molar-refractivity contribution in [2.24, 2.45) is 5.92 Å². The van der Waals surface area contributed by atoms with Crippen molar-refractivity contribution in [3.8, 4) is 0 Å². The maximum Gasteiger partial charge on any atom is 0.229 e.